The smallest absolute Gasteiger partial charge is 0.294 e. The summed E-state index contributed by atoms with van der Waals surface area (Å²) in [7, 11) is 1.52. The van der Waals surface area contributed by atoms with Gasteiger partial charge in [-0.15, -0.1) is 11.3 Å². The summed E-state index contributed by atoms with van der Waals surface area (Å²) >= 11 is 1.36. The number of carbonyl (C=O) groups excluding carboxylic acids is 1. The van der Waals surface area contributed by atoms with Crippen LogP contribution in [0.4, 0.5) is 5.69 Å². The van der Waals surface area contributed by atoms with E-state index in [0.717, 1.165) is 9.69 Å². The van der Waals surface area contributed by atoms with Crippen LogP contribution in [0.3, 0.4) is 0 Å². The molecule has 0 spiro atoms. The van der Waals surface area contributed by atoms with Gasteiger partial charge in [-0.3, -0.25) is 9.59 Å². The van der Waals surface area contributed by atoms with E-state index < -0.39 is 11.5 Å². The zero-order valence-electron chi connectivity index (χ0n) is 15.1. The number of thiazole rings is 1. The van der Waals surface area contributed by atoms with Gasteiger partial charge in [-0.1, -0.05) is 12.1 Å². The average Bonchev–Trinajstić information content (AvgIpc) is 3.34. The van der Waals surface area contributed by atoms with Crippen LogP contribution >= 0.6 is 11.3 Å². The fourth-order valence-corrected chi connectivity index (χ4v) is 3.72. The van der Waals surface area contributed by atoms with Gasteiger partial charge in [0.1, 0.15) is 18.0 Å². The number of hydrogen-bond acceptors (Lipinski definition) is 7. The van der Waals surface area contributed by atoms with Crippen LogP contribution in [-0.4, -0.2) is 27.8 Å². The zero-order chi connectivity index (χ0) is 19.7. The van der Waals surface area contributed by atoms with Crippen LogP contribution in [0, 0.1) is 6.92 Å². The van der Waals surface area contributed by atoms with E-state index in [9.17, 15) is 9.59 Å². The van der Waals surface area contributed by atoms with E-state index >= 15 is 0 Å². The van der Waals surface area contributed by atoms with E-state index in [1.807, 2.05) is 6.92 Å². The van der Waals surface area contributed by atoms with Crippen molar-refractivity contribution in [2.45, 2.75) is 13.5 Å². The van der Waals surface area contributed by atoms with Crippen LogP contribution in [0.15, 0.2) is 51.9 Å². The number of amides is 1. The molecule has 0 aliphatic heterocycles. The summed E-state index contributed by atoms with van der Waals surface area (Å²) in [6, 6.07) is 10.5. The average molecular weight is 396 g/mol. The molecule has 1 amide bonds. The Balaban J connectivity index is 1.72. The minimum atomic E-state index is -0.426. The molecule has 0 unspecified atom stereocenters. The van der Waals surface area contributed by atoms with Gasteiger partial charge in [0.05, 0.1) is 28.8 Å². The largest absolute Gasteiger partial charge is 0.495 e. The van der Waals surface area contributed by atoms with Gasteiger partial charge < -0.3 is 14.5 Å². The monoisotopic (exact) mass is 396 g/mol. The molecule has 0 saturated carbocycles. The number of fused-ring (bicyclic) bond motifs is 1. The SMILES string of the molecule is COc1ccccc1NC(=O)Cn1nc(-c2ccco2)c2sc(C)nc2c1=O. The first-order chi connectivity index (χ1) is 13.6. The van der Waals surface area contributed by atoms with E-state index in [1.54, 1.807) is 36.4 Å². The Morgan fingerprint density at radius 3 is 2.86 bits per heavy atom. The summed E-state index contributed by atoms with van der Waals surface area (Å²) in [5, 5.41) is 7.84. The number of nitrogens with zero attached hydrogens (tertiary/aromatic N) is 3. The number of benzene rings is 1. The maximum absolute atomic E-state index is 12.8. The zero-order valence-corrected chi connectivity index (χ0v) is 15.9. The minimum absolute atomic E-state index is 0.267. The summed E-state index contributed by atoms with van der Waals surface area (Å²) in [4.78, 5) is 29.6. The highest BCUT2D eigenvalue weighted by atomic mass is 32.1. The Morgan fingerprint density at radius 1 is 1.29 bits per heavy atom. The molecule has 0 aliphatic carbocycles. The lowest BCUT2D eigenvalue weighted by molar-refractivity contribution is -0.117. The molecule has 9 heteroatoms. The van der Waals surface area contributed by atoms with E-state index in [2.05, 4.69) is 15.4 Å². The van der Waals surface area contributed by atoms with E-state index in [4.69, 9.17) is 9.15 Å². The molecule has 1 aromatic carbocycles. The molecule has 8 nitrogen and oxygen atoms in total. The summed E-state index contributed by atoms with van der Waals surface area (Å²) in [5.74, 6) is 0.626. The summed E-state index contributed by atoms with van der Waals surface area (Å²) in [5.41, 5.74) is 0.842. The molecule has 142 valence electrons. The van der Waals surface area contributed by atoms with Crippen LogP contribution in [0.1, 0.15) is 5.01 Å². The second kappa shape index (κ2) is 7.28. The van der Waals surface area contributed by atoms with Crippen molar-refractivity contribution in [3.63, 3.8) is 0 Å². The predicted molar refractivity (Wildman–Crippen MR) is 106 cm³/mol. The van der Waals surface area contributed by atoms with Crippen LogP contribution in [0.2, 0.25) is 0 Å². The van der Waals surface area contributed by atoms with Crippen molar-refractivity contribution in [2.75, 3.05) is 12.4 Å². The highest BCUT2D eigenvalue weighted by Gasteiger charge is 2.19. The Hall–Kier alpha value is -3.46. The van der Waals surface area contributed by atoms with Crippen LogP contribution in [-0.2, 0) is 11.3 Å². The molecule has 0 bridgehead atoms. The molecule has 4 aromatic rings. The number of aromatic nitrogens is 3. The van der Waals surface area contributed by atoms with Crippen molar-refractivity contribution in [2.24, 2.45) is 0 Å². The molecule has 1 N–H and O–H groups in total. The molecule has 0 fully saturated rings. The Labute approximate surface area is 163 Å². The van der Waals surface area contributed by atoms with E-state index in [0.29, 0.717) is 27.6 Å². The van der Waals surface area contributed by atoms with Gasteiger partial charge in [-0.25, -0.2) is 9.67 Å². The normalized spacial score (nSPS) is 10.9. The van der Waals surface area contributed by atoms with Crippen molar-refractivity contribution in [1.29, 1.82) is 0 Å². The number of hydrogen-bond donors (Lipinski definition) is 1. The first kappa shape index (κ1) is 17.9. The van der Waals surface area contributed by atoms with Crippen molar-refractivity contribution in [3.8, 4) is 17.2 Å². The van der Waals surface area contributed by atoms with Crippen molar-refractivity contribution >= 4 is 33.1 Å². The number of ether oxygens (including phenoxy) is 1. The molecule has 0 aliphatic rings. The summed E-state index contributed by atoms with van der Waals surface area (Å²) in [6.45, 7) is 1.55. The number of para-hydroxylation sites is 2. The number of furan rings is 1. The molecule has 28 heavy (non-hydrogen) atoms. The number of methoxy groups -OCH3 is 1. The fourth-order valence-electron chi connectivity index (χ4n) is 2.82. The lowest BCUT2D eigenvalue weighted by atomic mass is 10.3. The highest BCUT2D eigenvalue weighted by molar-refractivity contribution is 7.19. The third kappa shape index (κ3) is 3.27. The Kier molecular flexibility index (Phi) is 4.66. The maximum atomic E-state index is 12.8. The third-order valence-corrected chi connectivity index (χ3v) is 5.01. The molecule has 3 aromatic heterocycles. The molecule has 0 radical (unpaired) electrons. The molecular weight excluding hydrogens is 380 g/mol. The second-order valence-electron chi connectivity index (χ2n) is 5.95. The lowest BCUT2D eigenvalue weighted by Crippen LogP contribution is -2.30. The Morgan fingerprint density at radius 2 is 2.11 bits per heavy atom. The quantitative estimate of drug-likeness (QED) is 0.557. The van der Waals surface area contributed by atoms with Gasteiger partial charge in [0.2, 0.25) is 5.91 Å². The minimum Gasteiger partial charge on any atom is -0.495 e. The standard InChI is InChI=1S/C19H16N4O4S/c1-11-20-17-18(28-11)16(14-8-5-9-27-14)22-23(19(17)25)10-15(24)21-12-6-3-4-7-13(12)26-2/h3-9H,10H2,1-2H3,(H,21,24). The van der Waals surface area contributed by atoms with Crippen molar-refractivity contribution in [1.82, 2.24) is 14.8 Å². The maximum Gasteiger partial charge on any atom is 0.294 e. The van der Waals surface area contributed by atoms with E-state index in [1.165, 1.54) is 24.7 Å². The van der Waals surface area contributed by atoms with Gasteiger partial charge >= 0.3 is 0 Å². The predicted octanol–water partition coefficient (Wildman–Crippen LogP) is 3.07. The number of anilines is 1. The van der Waals surface area contributed by atoms with Gasteiger partial charge in [0.25, 0.3) is 5.56 Å². The number of nitrogens with one attached hydrogen (secondary N) is 1. The van der Waals surface area contributed by atoms with Gasteiger partial charge in [-0.05, 0) is 31.2 Å². The summed E-state index contributed by atoms with van der Waals surface area (Å²) < 4.78 is 12.4. The molecule has 0 saturated heterocycles. The van der Waals surface area contributed by atoms with Crippen LogP contribution in [0.25, 0.3) is 21.7 Å². The van der Waals surface area contributed by atoms with Gasteiger partial charge in [0, 0.05) is 0 Å². The van der Waals surface area contributed by atoms with Crippen LogP contribution < -0.4 is 15.6 Å². The fraction of sp³-hybridized carbons (Fsp3) is 0.158. The topological polar surface area (TPSA) is 99.2 Å². The first-order valence-corrected chi connectivity index (χ1v) is 9.23. The second-order valence-corrected chi connectivity index (χ2v) is 7.15. The Bertz CT molecular complexity index is 1210. The van der Waals surface area contributed by atoms with Gasteiger partial charge in [0.15, 0.2) is 11.3 Å². The van der Waals surface area contributed by atoms with Gasteiger partial charge in [-0.2, -0.15) is 5.10 Å². The highest BCUT2D eigenvalue weighted by Crippen LogP contribution is 2.29. The number of carbonyl (C=O) groups is 1. The third-order valence-electron chi connectivity index (χ3n) is 4.04. The van der Waals surface area contributed by atoms with Crippen molar-refractivity contribution in [3.05, 3.63) is 58.0 Å². The number of aryl methyl sites for hydroxylation is 1. The lowest BCUT2D eigenvalue weighted by Gasteiger charge is -2.11. The first-order valence-electron chi connectivity index (χ1n) is 8.42. The molecule has 4 rings (SSSR count). The number of rotatable bonds is 5. The molecular formula is C19H16N4O4S. The molecule has 0 atom stereocenters. The summed E-state index contributed by atoms with van der Waals surface area (Å²) in [6.07, 6.45) is 1.53. The molecule has 3 heterocycles. The van der Waals surface area contributed by atoms with E-state index in [-0.39, 0.29) is 12.1 Å². The van der Waals surface area contributed by atoms with Crippen LogP contribution in [0.5, 0.6) is 5.75 Å². The van der Waals surface area contributed by atoms with Crippen molar-refractivity contribution < 1.29 is 13.9 Å².